The number of aromatic nitrogens is 2. The lowest BCUT2D eigenvalue weighted by Crippen LogP contribution is -2.33. The lowest BCUT2D eigenvalue weighted by molar-refractivity contribution is 0.0736. The molecule has 1 saturated carbocycles. The molecule has 1 heterocycles. The minimum absolute atomic E-state index is 0.132. The number of amides is 1. The fourth-order valence-electron chi connectivity index (χ4n) is 4.32. The van der Waals surface area contributed by atoms with E-state index in [2.05, 4.69) is 11.5 Å². The highest BCUT2D eigenvalue weighted by Gasteiger charge is 2.26. The summed E-state index contributed by atoms with van der Waals surface area (Å²) in [7, 11) is 0. The summed E-state index contributed by atoms with van der Waals surface area (Å²) in [5, 5.41) is 1.59. The van der Waals surface area contributed by atoms with Crippen LogP contribution in [0.2, 0.25) is 15.1 Å². The maximum Gasteiger partial charge on any atom is 0.255 e. The minimum atomic E-state index is -0.132. The smallest absolute Gasteiger partial charge is 0.255 e. The topological polar surface area (TPSA) is 38.1 Å². The molecule has 2 aromatic carbocycles. The number of halogens is 3. The van der Waals surface area contributed by atoms with E-state index in [0.29, 0.717) is 39.8 Å². The Morgan fingerprint density at radius 1 is 1.10 bits per heavy atom. The van der Waals surface area contributed by atoms with Crippen LogP contribution in [0.1, 0.15) is 61.3 Å². The van der Waals surface area contributed by atoms with Gasteiger partial charge in [0.05, 0.1) is 28.2 Å². The fourth-order valence-corrected chi connectivity index (χ4v) is 4.86. The number of nitrogens with zero attached hydrogens (tertiary/aromatic N) is 3. The molecule has 1 aliphatic rings. The average molecular weight is 465 g/mol. The summed E-state index contributed by atoms with van der Waals surface area (Å²) in [6, 6.07) is 11.2. The van der Waals surface area contributed by atoms with Gasteiger partial charge in [-0.1, -0.05) is 54.6 Å². The number of rotatable bonds is 6. The molecule has 1 amide bonds. The first-order chi connectivity index (χ1) is 14.5. The van der Waals surface area contributed by atoms with E-state index in [-0.39, 0.29) is 5.91 Å². The van der Waals surface area contributed by atoms with Crippen LogP contribution in [0, 0.1) is 0 Å². The minimum Gasteiger partial charge on any atom is -0.331 e. The summed E-state index contributed by atoms with van der Waals surface area (Å²) in [5.74, 6) is 0.756. The molecule has 7 heteroatoms. The van der Waals surface area contributed by atoms with E-state index in [1.807, 2.05) is 23.1 Å². The molecular formula is C23H24Cl3N3O. The highest BCUT2D eigenvalue weighted by Crippen LogP contribution is 2.35. The van der Waals surface area contributed by atoms with Crippen LogP contribution in [0.4, 0.5) is 0 Å². The Kier molecular flexibility index (Phi) is 6.57. The maximum absolute atomic E-state index is 13.3. The zero-order chi connectivity index (χ0) is 21.3. The van der Waals surface area contributed by atoms with E-state index in [1.54, 1.807) is 18.2 Å². The van der Waals surface area contributed by atoms with E-state index in [9.17, 15) is 4.79 Å². The summed E-state index contributed by atoms with van der Waals surface area (Å²) in [6.45, 7) is 3.08. The van der Waals surface area contributed by atoms with Gasteiger partial charge in [-0.2, -0.15) is 0 Å². The summed E-state index contributed by atoms with van der Waals surface area (Å²) in [6.07, 6.45) is 5.49. The van der Waals surface area contributed by atoms with Crippen molar-refractivity contribution in [2.75, 3.05) is 6.54 Å². The normalized spacial score (nSPS) is 14.5. The summed E-state index contributed by atoms with van der Waals surface area (Å²) < 4.78 is 2.30. The zero-order valence-corrected chi connectivity index (χ0v) is 19.1. The Bertz CT molecular complexity index is 1070. The number of benzene rings is 2. The van der Waals surface area contributed by atoms with Crippen molar-refractivity contribution in [3.8, 4) is 0 Å². The van der Waals surface area contributed by atoms with Gasteiger partial charge in [-0.3, -0.25) is 4.79 Å². The van der Waals surface area contributed by atoms with Gasteiger partial charge in [0.15, 0.2) is 0 Å². The molecule has 4 nitrogen and oxygen atoms in total. The molecule has 158 valence electrons. The zero-order valence-electron chi connectivity index (χ0n) is 16.9. The number of carbonyl (C=O) groups is 1. The van der Waals surface area contributed by atoms with Crippen molar-refractivity contribution in [3.63, 3.8) is 0 Å². The second-order valence-corrected chi connectivity index (χ2v) is 9.10. The molecule has 1 fully saturated rings. The fraction of sp³-hybridized carbons (Fsp3) is 0.391. The molecule has 0 aliphatic heterocycles. The lowest BCUT2D eigenvalue weighted by Gasteiger charge is -2.24. The van der Waals surface area contributed by atoms with Crippen LogP contribution >= 0.6 is 34.8 Å². The van der Waals surface area contributed by atoms with Crippen LogP contribution < -0.4 is 0 Å². The first-order valence-electron chi connectivity index (χ1n) is 10.4. The summed E-state index contributed by atoms with van der Waals surface area (Å²) >= 11 is 18.7. The molecule has 0 N–H and O–H groups in total. The second kappa shape index (κ2) is 9.17. The lowest BCUT2D eigenvalue weighted by atomic mass is 10.2. The largest absolute Gasteiger partial charge is 0.331 e. The number of hydrogen-bond acceptors (Lipinski definition) is 2. The Hall–Kier alpha value is -1.75. The van der Waals surface area contributed by atoms with Gasteiger partial charge in [-0.15, -0.1) is 0 Å². The van der Waals surface area contributed by atoms with Crippen LogP contribution in [0.5, 0.6) is 0 Å². The highest BCUT2D eigenvalue weighted by molar-refractivity contribution is 6.35. The molecule has 0 unspecified atom stereocenters. The monoisotopic (exact) mass is 463 g/mol. The Morgan fingerprint density at radius 3 is 2.53 bits per heavy atom. The van der Waals surface area contributed by atoms with Crippen LogP contribution in [-0.2, 0) is 6.54 Å². The average Bonchev–Trinajstić information content (AvgIpc) is 3.36. The third-order valence-corrected chi connectivity index (χ3v) is 6.49. The van der Waals surface area contributed by atoms with Crippen LogP contribution in [0.15, 0.2) is 36.4 Å². The molecule has 1 aliphatic carbocycles. The quantitative estimate of drug-likeness (QED) is 0.388. The van der Waals surface area contributed by atoms with Gasteiger partial charge >= 0.3 is 0 Å². The van der Waals surface area contributed by atoms with Gasteiger partial charge in [0, 0.05) is 22.6 Å². The predicted octanol–water partition coefficient (Wildman–Crippen LogP) is 7.16. The first kappa shape index (κ1) is 21.5. The van der Waals surface area contributed by atoms with Crippen LogP contribution in [0.25, 0.3) is 11.0 Å². The molecule has 0 saturated heterocycles. The molecule has 0 radical (unpaired) electrons. The molecule has 4 rings (SSSR count). The summed E-state index contributed by atoms with van der Waals surface area (Å²) in [5.41, 5.74) is 2.37. The number of carbonyl (C=O) groups excluding carboxylic acids is 1. The van der Waals surface area contributed by atoms with Crippen molar-refractivity contribution >= 4 is 51.7 Å². The first-order valence-corrected chi connectivity index (χ1v) is 11.5. The Balaban J connectivity index is 1.74. The molecule has 30 heavy (non-hydrogen) atoms. The molecule has 1 aromatic heterocycles. The number of hydrogen-bond donors (Lipinski definition) is 0. The summed E-state index contributed by atoms with van der Waals surface area (Å²) in [4.78, 5) is 20.0. The molecule has 0 bridgehead atoms. The van der Waals surface area contributed by atoms with Crippen LogP contribution in [0.3, 0.4) is 0 Å². The van der Waals surface area contributed by atoms with Gasteiger partial charge in [0.25, 0.3) is 5.91 Å². The van der Waals surface area contributed by atoms with E-state index in [0.717, 1.165) is 36.1 Å². The van der Waals surface area contributed by atoms with Crippen molar-refractivity contribution in [3.05, 3.63) is 62.9 Å². The third kappa shape index (κ3) is 4.32. The van der Waals surface area contributed by atoms with Crippen molar-refractivity contribution < 1.29 is 4.79 Å². The van der Waals surface area contributed by atoms with Gasteiger partial charge in [-0.05, 0) is 55.7 Å². The van der Waals surface area contributed by atoms with E-state index < -0.39 is 0 Å². The second-order valence-electron chi connectivity index (χ2n) is 7.82. The van der Waals surface area contributed by atoms with Crippen molar-refractivity contribution in [1.29, 1.82) is 0 Å². The molecular weight excluding hydrogens is 441 g/mol. The Morgan fingerprint density at radius 2 is 1.80 bits per heavy atom. The highest BCUT2D eigenvalue weighted by atomic mass is 35.5. The molecule has 0 spiro atoms. The van der Waals surface area contributed by atoms with E-state index in [4.69, 9.17) is 39.8 Å². The molecule has 0 atom stereocenters. The van der Waals surface area contributed by atoms with Crippen molar-refractivity contribution in [2.24, 2.45) is 0 Å². The van der Waals surface area contributed by atoms with E-state index >= 15 is 0 Å². The van der Waals surface area contributed by atoms with Gasteiger partial charge in [-0.25, -0.2) is 4.98 Å². The van der Waals surface area contributed by atoms with Crippen LogP contribution in [-0.4, -0.2) is 26.9 Å². The van der Waals surface area contributed by atoms with E-state index in [1.165, 1.54) is 12.8 Å². The SMILES string of the molecule is CCCN(Cc1nc2ccc(Cl)cc2n1C1CCCC1)C(=O)c1cc(Cl)ccc1Cl. The standard InChI is InChI=1S/C23H24Cl3N3O/c1-2-11-28(23(30)18-12-15(24)7-9-19(18)26)14-22-27-20-10-8-16(25)13-21(20)29(22)17-5-3-4-6-17/h7-10,12-13,17H,2-6,11,14H2,1H3. The molecule has 3 aromatic rings. The maximum atomic E-state index is 13.3. The number of imidazole rings is 1. The number of fused-ring (bicyclic) bond motifs is 1. The van der Waals surface area contributed by atoms with Crippen molar-refractivity contribution in [1.82, 2.24) is 14.5 Å². The predicted molar refractivity (Wildman–Crippen MR) is 124 cm³/mol. The van der Waals surface area contributed by atoms with Gasteiger partial charge in [0.1, 0.15) is 5.82 Å². The van der Waals surface area contributed by atoms with Gasteiger partial charge in [0.2, 0.25) is 0 Å². The van der Waals surface area contributed by atoms with Gasteiger partial charge < -0.3 is 9.47 Å². The Labute approximate surface area is 191 Å². The third-order valence-electron chi connectivity index (χ3n) is 5.69. The van der Waals surface area contributed by atoms with Crippen molar-refractivity contribution in [2.45, 2.75) is 51.6 Å².